The molecule has 0 saturated carbocycles. The molecule has 2 heterocycles. The molecule has 1 aliphatic heterocycles. The van der Waals surface area contributed by atoms with E-state index in [-0.39, 0.29) is 16.9 Å². The van der Waals surface area contributed by atoms with E-state index in [9.17, 15) is 14.7 Å². The van der Waals surface area contributed by atoms with E-state index in [0.29, 0.717) is 17.5 Å². The number of nitrogens with zero attached hydrogens (tertiary/aromatic N) is 5. The molecular weight excluding hydrogens is 436 g/mol. The normalized spacial score (nSPS) is 16.2. The summed E-state index contributed by atoms with van der Waals surface area (Å²) in [6.45, 7) is 0.487. The molecule has 1 aromatic heterocycles. The van der Waals surface area contributed by atoms with Crippen molar-refractivity contribution in [3.05, 3.63) is 71.0 Å². The zero-order valence-electron chi connectivity index (χ0n) is 17.2. The van der Waals surface area contributed by atoms with Crippen LogP contribution in [0.5, 0.6) is 0 Å². The first kappa shape index (κ1) is 21.3. The summed E-state index contributed by atoms with van der Waals surface area (Å²) in [4.78, 5) is 30.4. The van der Waals surface area contributed by atoms with Crippen molar-refractivity contribution >= 4 is 40.1 Å². The minimum absolute atomic E-state index is 0.0594. The maximum absolute atomic E-state index is 13.2. The number of hydrogen-bond acceptors (Lipinski definition) is 7. The largest absolute Gasteiger partial charge is 0.480 e. The van der Waals surface area contributed by atoms with Crippen molar-refractivity contribution in [1.29, 1.82) is 0 Å². The summed E-state index contributed by atoms with van der Waals surface area (Å²) in [5.74, 6) is -1.72. The average molecular weight is 455 g/mol. The van der Waals surface area contributed by atoms with Gasteiger partial charge in [-0.2, -0.15) is 0 Å². The molecule has 4 rings (SSSR count). The van der Waals surface area contributed by atoms with Crippen LogP contribution in [0.4, 0.5) is 0 Å². The predicted molar refractivity (Wildman–Crippen MR) is 117 cm³/mol. The van der Waals surface area contributed by atoms with E-state index in [4.69, 9.17) is 16.3 Å². The molecule has 2 N–H and O–H groups in total. The molecule has 0 spiro atoms. The molecule has 1 unspecified atom stereocenters. The monoisotopic (exact) mass is 454 g/mol. The standard InChI is InChI=1S/C21H19ClN6O4/c1-27-16(21(30)31)18(24-17(22)20(27)32-2)25-19(29)15-8-7-12(11-28-10-9-23-26-28)13-5-3-4-6-14(13)15/h3-10,16H,11H2,1-2H3,(H,30,31)(H,24,25,29). The lowest BCUT2D eigenvalue weighted by molar-refractivity contribution is -0.140. The highest BCUT2D eigenvalue weighted by Gasteiger charge is 2.36. The van der Waals surface area contributed by atoms with Crippen LogP contribution < -0.4 is 5.32 Å². The Kier molecular flexibility index (Phi) is 5.78. The fourth-order valence-electron chi connectivity index (χ4n) is 3.64. The highest BCUT2D eigenvalue weighted by atomic mass is 35.5. The third-order valence-electron chi connectivity index (χ3n) is 5.09. The van der Waals surface area contributed by atoms with Crippen molar-refractivity contribution in [3.8, 4) is 0 Å². The Morgan fingerprint density at radius 2 is 1.97 bits per heavy atom. The lowest BCUT2D eigenvalue weighted by atomic mass is 9.99. The Labute approximate surface area is 187 Å². The van der Waals surface area contributed by atoms with Gasteiger partial charge in [0.05, 0.1) is 19.9 Å². The summed E-state index contributed by atoms with van der Waals surface area (Å²) in [7, 11) is 2.86. The van der Waals surface area contributed by atoms with Gasteiger partial charge in [0.25, 0.3) is 5.91 Å². The number of methoxy groups -OCH3 is 1. The number of halogens is 1. The molecular formula is C21H19ClN6O4. The number of carboxylic acids is 1. The van der Waals surface area contributed by atoms with E-state index in [2.05, 4.69) is 20.6 Å². The van der Waals surface area contributed by atoms with Crippen LogP contribution in [-0.4, -0.2) is 62.9 Å². The highest BCUT2D eigenvalue weighted by molar-refractivity contribution is 6.31. The smallest absolute Gasteiger partial charge is 0.334 e. The molecule has 1 amide bonds. The van der Waals surface area contributed by atoms with Crippen molar-refractivity contribution in [3.63, 3.8) is 0 Å². The van der Waals surface area contributed by atoms with Gasteiger partial charge in [0, 0.05) is 18.8 Å². The average Bonchev–Trinajstić information content (AvgIpc) is 3.27. The van der Waals surface area contributed by atoms with Gasteiger partial charge in [0.2, 0.25) is 5.88 Å². The van der Waals surface area contributed by atoms with Crippen LogP contribution in [0, 0.1) is 0 Å². The fraction of sp³-hybridized carbons (Fsp3) is 0.190. The Morgan fingerprint density at radius 1 is 1.22 bits per heavy atom. The maximum atomic E-state index is 13.2. The van der Waals surface area contributed by atoms with Crippen LogP contribution in [0.3, 0.4) is 0 Å². The van der Waals surface area contributed by atoms with Crippen LogP contribution in [0.1, 0.15) is 15.9 Å². The number of hydrogen-bond donors (Lipinski definition) is 2. The van der Waals surface area contributed by atoms with E-state index in [0.717, 1.165) is 10.9 Å². The van der Waals surface area contributed by atoms with Crippen LogP contribution >= 0.6 is 11.6 Å². The zero-order valence-corrected chi connectivity index (χ0v) is 17.9. The molecule has 0 bridgehead atoms. The van der Waals surface area contributed by atoms with Crippen molar-refractivity contribution < 1.29 is 19.4 Å². The van der Waals surface area contributed by atoms with Crippen LogP contribution in [0.15, 0.2) is 64.8 Å². The van der Waals surface area contributed by atoms with Gasteiger partial charge in [0.15, 0.2) is 11.2 Å². The van der Waals surface area contributed by atoms with Gasteiger partial charge in [-0.25, -0.2) is 14.5 Å². The number of aromatic nitrogens is 3. The SMILES string of the molecule is COC1=C(Cl)N=C(NC(=O)c2ccc(Cn3ccnn3)c3ccccc23)C(C(=O)O)N1C. The topological polar surface area (TPSA) is 122 Å². The molecule has 2 aromatic carbocycles. The third kappa shape index (κ3) is 3.87. The number of carboxylic acid groups (broad SMARTS) is 1. The fourth-order valence-corrected chi connectivity index (χ4v) is 3.94. The molecule has 11 heteroatoms. The van der Waals surface area contributed by atoms with Gasteiger partial charge in [-0.3, -0.25) is 4.79 Å². The van der Waals surface area contributed by atoms with Crippen molar-refractivity contribution in [2.24, 2.45) is 4.99 Å². The first-order valence-electron chi connectivity index (χ1n) is 9.54. The molecule has 1 aliphatic rings. The van der Waals surface area contributed by atoms with Crippen molar-refractivity contribution in [1.82, 2.24) is 25.2 Å². The number of ether oxygens (including phenoxy) is 1. The molecule has 3 aromatic rings. The van der Waals surface area contributed by atoms with E-state index in [1.807, 2.05) is 30.3 Å². The van der Waals surface area contributed by atoms with Crippen LogP contribution in [0.25, 0.3) is 10.8 Å². The minimum Gasteiger partial charge on any atom is -0.480 e. The van der Waals surface area contributed by atoms with E-state index < -0.39 is 17.9 Å². The van der Waals surface area contributed by atoms with E-state index in [1.165, 1.54) is 19.1 Å². The molecule has 0 radical (unpaired) electrons. The summed E-state index contributed by atoms with van der Waals surface area (Å²) in [5, 5.41) is 21.6. The second-order valence-electron chi connectivity index (χ2n) is 7.02. The molecule has 164 valence electrons. The number of benzene rings is 2. The number of fused-ring (bicyclic) bond motifs is 1. The number of likely N-dealkylation sites (N-methyl/N-ethyl adjacent to an activating group) is 1. The molecule has 0 saturated heterocycles. The predicted octanol–water partition coefficient (Wildman–Crippen LogP) is 2.02. The van der Waals surface area contributed by atoms with Gasteiger partial charge in [-0.1, -0.05) is 47.1 Å². The van der Waals surface area contributed by atoms with Crippen LogP contribution in [-0.2, 0) is 16.1 Å². The van der Waals surface area contributed by atoms with E-state index >= 15 is 0 Å². The van der Waals surface area contributed by atoms with Crippen molar-refractivity contribution in [2.45, 2.75) is 12.6 Å². The first-order valence-corrected chi connectivity index (χ1v) is 9.92. The number of nitrogens with one attached hydrogen (secondary N) is 1. The van der Waals surface area contributed by atoms with Gasteiger partial charge >= 0.3 is 5.97 Å². The number of aliphatic carboxylic acids is 1. The third-order valence-corrected chi connectivity index (χ3v) is 5.34. The molecule has 1 atom stereocenters. The summed E-state index contributed by atoms with van der Waals surface area (Å²) in [6.07, 6.45) is 3.35. The molecule has 0 aliphatic carbocycles. The van der Waals surface area contributed by atoms with Gasteiger partial charge in [-0.05, 0) is 22.4 Å². The number of amidine groups is 1. The van der Waals surface area contributed by atoms with Crippen molar-refractivity contribution in [2.75, 3.05) is 14.2 Å². The number of rotatable bonds is 5. The number of carbonyl (C=O) groups is 2. The molecule has 10 nitrogen and oxygen atoms in total. The Bertz CT molecular complexity index is 1250. The quantitative estimate of drug-likeness (QED) is 0.565. The Balaban J connectivity index is 1.70. The number of aliphatic imine (C=N–C) groups is 1. The second-order valence-corrected chi connectivity index (χ2v) is 7.38. The van der Waals surface area contributed by atoms with Gasteiger partial charge in [0.1, 0.15) is 5.84 Å². The lowest BCUT2D eigenvalue weighted by Gasteiger charge is -2.32. The molecule has 32 heavy (non-hydrogen) atoms. The summed E-state index contributed by atoms with van der Waals surface area (Å²) in [5.41, 5.74) is 1.33. The number of amides is 1. The second kappa shape index (κ2) is 8.67. The lowest BCUT2D eigenvalue weighted by Crippen LogP contribution is -2.53. The maximum Gasteiger partial charge on any atom is 0.334 e. The minimum atomic E-state index is -1.27. The Morgan fingerprint density at radius 3 is 2.62 bits per heavy atom. The summed E-state index contributed by atoms with van der Waals surface area (Å²) in [6, 6.07) is 9.70. The molecule has 0 fully saturated rings. The van der Waals surface area contributed by atoms with Gasteiger partial charge < -0.3 is 20.1 Å². The first-order chi connectivity index (χ1) is 15.4. The zero-order chi connectivity index (χ0) is 22.8. The number of carbonyl (C=O) groups excluding carboxylic acids is 1. The summed E-state index contributed by atoms with van der Waals surface area (Å²) < 4.78 is 6.81. The van der Waals surface area contributed by atoms with Crippen LogP contribution in [0.2, 0.25) is 0 Å². The van der Waals surface area contributed by atoms with E-state index in [1.54, 1.807) is 23.1 Å². The Hall–Kier alpha value is -3.92. The highest BCUT2D eigenvalue weighted by Crippen LogP contribution is 2.26. The summed E-state index contributed by atoms with van der Waals surface area (Å²) >= 11 is 6.12. The van der Waals surface area contributed by atoms with Gasteiger partial charge in [-0.15, -0.1) is 5.10 Å².